The molecule has 0 aliphatic heterocycles. The maximum Gasteiger partial charge on any atom is 0.226 e. The van der Waals surface area contributed by atoms with E-state index in [0.29, 0.717) is 28.6 Å². The molecule has 1 amide bonds. The van der Waals surface area contributed by atoms with Crippen LogP contribution < -0.4 is 5.32 Å². The summed E-state index contributed by atoms with van der Waals surface area (Å²) in [7, 11) is 0. The van der Waals surface area contributed by atoms with Gasteiger partial charge in [0, 0.05) is 29.6 Å². The first-order valence-electron chi connectivity index (χ1n) is 6.30. The average molecular weight is 312 g/mol. The number of halogens is 2. The van der Waals surface area contributed by atoms with Crippen molar-refractivity contribution < 1.29 is 18.1 Å². The minimum atomic E-state index is -0.854. The second-order valence-corrected chi connectivity index (χ2v) is 5.49. The van der Waals surface area contributed by atoms with Crippen molar-refractivity contribution in [3.8, 4) is 0 Å². The molecular formula is C14H14F2N2O2S. The van der Waals surface area contributed by atoms with Crippen LogP contribution in [0.3, 0.4) is 0 Å². The zero-order valence-electron chi connectivity index (χ0n) is 11.4. The number of thioether (sulfide) groups is 1. The number of aryl methyl sites for hydroxylation is 1. The van der Waals surface area contributed by atoms with Crippen molar-refractivity contribution in [2.45, 2.75) is 19.1 Å². The molecule has 1 N–H and O–H groups in total. The van der Waals surface area contributed by atoms with Gasteiger partial charge in [0.2, 0.25) is 5.91 Å². The van der Waals surface area contributed by atoms with Gasteiger partial charge in [-0.25, -0.2) is 8.78 Å². The van der Waals surface area contributed by atoms with Gasteiger partial charge < -0.3 is 9.84 Å². The molecule has 112 valence electrons. The van der Waals surface area contributed by atoms with E-state index in [1.54, 1.807) is 13.0 Å². The molecule has 2 rings (SSSR count). The highest BCUT2D eigenvalue weighted by Crippen LogP contribution is 2.18. The summed E-state index contributed by atoms with van der Waals surface area (Å²) in [5.74, 6) is -0.0753. The number of carbonyl (C=O) groups excluding carboxylic acids is 1. The summed E-state index contributed by atoms with van der Waals surface area (Å²) in [4.78, 5) is 11.6. The Morgan fingerprint density at radius 3 is 2.95 bits per heavy atom. The molecule has 21 heavy (non-hydrogen) atoms. The molecule has 1 aromatic heterocycles. The number of aromatic nitrogens is 1. The van der Waals surface area contributed by atoms with Crippen LogP contribution in [-0.2, 0) is 10.5 Å². The quantitative estimate of drug-likeness (QED) is 0.829. The molecule has 0 unspecified atom stereocenters. The zero-order valence-corrected chi connectivity index (χ0v) is 12.2. The maximum atomic E-state index is 13.4. The van der Waals surface area contributed by atoms with Gasteiger partial charge >= 0.3 is 0 Å². The number of nitrogens with zero attached hydrogens (tertiary/aromatic N) is 1. The van der Waals surface area contributed by atoms with E-state index < -0.39 is 11.6 Å². The third kappa shape index (κ3) is 4.56. The van der Waals surface area contributed by atoms with E-state index in [2.05, 4.69) is 10.5 Å². The topological polar surface area (TPSA) is 55.1 Å². The van der Waals surface area contributed by atoms with E-state index in [0.717, 1.165) is 6.07 Å². The number of carbonyl (C=O) groups is 1. The van der Waals surface area contributed by atoms with Gasteiger partial charge in [-0.1, -0.05) is 17.3 Å². The molecule has 0 atom stereocenters. The number of anilines is 1. The lowest BCUT2D eigenvalue weighted by molar-refractivity contribution is -0.115. The van der Waals surface area contributed by atoms with Crippen molar-refractivity contribution in [1.29, 1.82) is 0 Å². The standard InChI is InChI=1S/C14H14F2N2O2S/c1-9-7-12(18-20-9)17-13(19)5-6-21-8-10-3-2-4-11(15)14(10)16/h2-4,7H,5-6,8H2,1H3,(H,17,18,19). The Morgan fingerprint density at radius 1 is 1.43 bits per heavy atom. The number of hydrogen-bond acceptors (Lipinski definition) is 4. The number of amides is 1. The third-order valence-corrected chi connectivity index (χ3v) is 3.67. The molecule has 7 heteroatoms. The highest BCUT2D eigenvalue weighted by atomic mass is 32.2. The Bertz CT molecular complexity index is 631. The minimum absolute atomic E-state index is 0.199. The summed E-state index contributed by atoms with van der Waals surface area (Å²) in [5.41, 5.74) is 0.299. The Balaban J connectivity index is 1.72. The fourth-order valence-electron chi connectivity index (χ4n) is 1.64. The monoisotopic (exact) mass is 312 g/mol. The molecule has 0 bridgehead atoms. The fraction of sp³-hybridized carbons (Fsp3) is 0.286. The average Bonchev–Trinajstić information content (AvgIpc) is 2.84. The summed E-state index contributed by atoms with van der Waals surface area (Å²) in [6.07, 6.45) is 0.257. The van der Waals surface area contributed by atoms with Crippen LogP contribution in [0.15, 0.2) is 28.8 Å². The van der Waals surface area contributed by atoms with Crippen LogP contribution in [0.5, 0.6) is 0 Å². The summed E-state index contributed by atoms with van der Waals surface area (Å²) in [6, 6.07) is 5.70. The van der Waals surface area contributed by atoms with E-state index in [1.165, 1.54) is 23.9 Å². The van der Waals surface area contributed by atoms with E-state index in [1.807, 2.05) is 0 Å². The van der Waals surface area contributed by atoms with Gasteiger partial charge in [0.15, 0.2) is 17.5 Å². The molecule has 1 aromatic carbocycles. The van der Waals surface area contributed by atoms with Crippen LogP contribution in [0, 0.1) is 18.6 Å². The van der Waals surface area contributed by atoms with Crippen molar-refractivity contribution in [2.75, 3.05) is 11.1 Å². The van der Waals surface area contributed by atoms with Crippen LogP contribution in [0.25, 0.3) is 0 Å². The molecule has 0 aliphatic carbocycles. The first-order chi connectivity index (χ1) is 10.1. The fourth-order valence-corrected chi connectivity index (χ4v) is 2.55. The van der Waals surface area contributed by atoms with Gasteiger partial charge in [0.1, 0.15) is 5.76 Å². The summed E-state index contributed by atoms with van der Waals surface area (Å²) >= 11 is 1.36. The van der Waals surface area contributed by atoms with E-state index in [4.69, 9.17) is 4.52 Å². The van der Waals surface area contributed by atoms with Crippen LogP contribution in [0.1, 0.15) is 17.7 Å². The summed E-state index contributed by atoms with van der Waals surface area (Å²) in [6.45, 7) is 1.73. The van der Waals surface area contributed by atoms with Crippen LogP contribution in [0.2, 0.25) is 0 Å². The SMILES string of the molecule is Cc1cc(NC(=O)CCSCc2cccc(F)c2F)no1. The highest BCUT2D eigenvalue weighted by molar-refractivity contribution is 7.98. The van der Waals surface area contributed by atoms with Crippen molar-refractivity contribution >= 4 is 23.5 Å². The number of hydrogen-bond donors (Lipinski definition) is 1. The number of benzene rings is 1. The summed E-state index contributed by atoms with van der Waals surface area (Å²) in [5, 5.41) is 6.24. The first kappa shape index (κ1) is 15.5. The van der Waals surface area contributed by atoms with Gasteiger partial charge in [0.05, 0.1) is 0 Å². The van der Waals surface area contributed by atoms with Crippen LogP contribution in [0.4, 0.5) is 14.6 Å². The lowest BCUT2D eigenvalue weighted by Crippen LogP contribution is -2.12. The number of nitrogens with one attached hydrogen (secondary N) is 1. The lowest BCUT2D eigenvalue weighted by Gasteiger charge is -2.04. The highest BCUT2D eigenvalue weighted by Gasteiger charge is 2.09. The predicted octanol–water partition coefficient (Wildman–Crippen LogP) is 3.52. The Hall–Kier alpha value is -1.89. The largest absolute Gasteiger partial charge is 0.360 e. The molecular weight excluding hydrogens is 298 g/mol. The second-order valence-electron chi connectivity index (χ2n) is 4.39. The van der Waals surface area contributed by atoms with Gasteiger partial charge in [0.25, 0.3) is 0 Å². The molecule has 1 heterocycles. The first-order valence-corrected chi connectivity index (χ1v) is 7.45. The normalized spacial score (nSPS) is 10.6. The Labute approximate surface area is 124 Å². The maximum absolute atomic E-state index is 13.4. The molecule has 0 saturated heterocycles. The summed E-state index contributed by atoms with van der Waals surface area (Å²) < 4.78 is 31.2. The van der Waals surface area contributed by atoms with Crippen molar-refractivity contribution in [2.24, 2.45) is 0 Å². The molecule has 0 aliphatic rings. The molecule has 0 spiro atoms. The van der Waals surface area contributed by atoms with Gasteiger partial charge in [-0.05, 0) is 13.0 Å². The minimum Gasteiger partial charge on any atom is -0.360 e. The molecule has 2 aromatic rings. The van der Waals surface area contributed by atoms with Crippen LogP contribution in [-0.4, -0.2) is 16.8 Å². The molecule has 0 radical (unpaired) electrons. The van der Waals surface area contributed by atoms with E-state index in [-0.39, 0.29) is 12.3 Å². The third-order valence-electron chi connectivity index (χ3n) is 2.66. The zero-order chi connectivity index (χ0) is 15.2. The van der Waals surface area contributed by atoms with E-state index >= 15 is 0 Å². The van der Waals surface area contributed by atoms with Gasteiger partial charge in [-0.15, -0.1) is 0 Å². The Kier molecular flexibility index (Phi) is 5.32. The Morgan fingerprint density at radius 2 is 2.24 bits per heavy atom. The van der Waals surface area contributed by atoms with Crippen molar-refractivity contribution in [1.82, 2.24) is 5.16 Å². The lowest BCUT2D eigenvalue weighted by atomic mass is 10.2. The molecule has 4 nitrogen and oxygen atoms in total. The van der Waals surface area contributed by atoms with Gasteiger partial charge in [-0.3, -0.25) is 4.79 Å². The van der Waals surface area contributed by atoms with Crippen molar-refractivity contribution in [3.63, 3.8) is 0 Å². The second kappa shape index (κ2) is 7.21. The predicted molar refractivity (Wildman–Crippen MR) is 77.0 cm³/mol. The molecule has 0 saturated carbocycles. The van der Waals surface area contributed by atoms with E-state index in [9.17, 15) is 13.6 Å². The number of rotatable bonds is 6. The van der Waals surface area contributed by atoms with Crippen LogP contribution >= 0.6 is 11.8 Å². The van der Waals surface area contributed by atoms with Gasteiger partial charge in [-0.2, -0.15) is 11.8 Å². The smallest absolute Gasteiger partial charge is 0.226 e. The molecule has 0 fully saturated rings. The van der Waals surface area contributed by atoms with Crippen molar-refractivity contribution in [3.05, 3.63) is 47.2 Å².